The van der Waals surface area contributed by atoms with Crippen LogP contribution < -0.4 is 0 Å². The topological polar surface area (TPSA) is 72.3 Å². The molecule has 18 heavy (non-hydrogen) atoms. The molecule has 0 unspecified atom stereocenters. The first-order chi connectivity index (χ1) is 8.69. The van der Waals surface area contributed by atoms with Crippen molar-refractivity contribution in [2.75, 3.05) is 0 Å². The molecule has 0 aliphatic heterocycles. The monoisotopic (exact) mass is 264 g/mol. The first-order valence-electron chi connectivity index (χ1n) is 5.73. The van der Waals surface area contributed by atoms with E-state index in [0.29, 0.717) is 11.6 Å². The van der Waals surface area contributed by atoms with Gasteiger partial charge in [0.2, 0.25) is 0 Å². The number of hydrogen-bond donors (Lipinski definition) is 0. The molecule has 0 bridgehead atoms. The highest BCUT2D eigenvalue weighted by atomic mass is 35.5. The van der Waals surface area contributed by atoms with Gasteiger partial charge in [-0.1, -0.05) is 18.5 Å². The van der Waals surface area contributed by atoms with Gasteiger partial charge in [-0.25, -0.2) is 9.67 Å². The van der Waals surface area contributed by atoms with E-state index in [2.05, 4.69) is 15.2 Å². The highest BCUT2D eigenvalue weighted by Gasteiger charge is 2.15. The molecule has 2 rings (SSSR count). The Morgan fingerprint density at radius 1 is 1.39 bits per heavy atom. The molecule has 7 heteroatoms. The van der Waals surface area contributed by atoms with Crippen LogP contribution in [0.25, 0.3) is 0 Å². The summed E-state index contributed by atoms with van der Waals surface area (Å²) >= 11 is 6.29. The Labute approximate surface area is 110 Å². The van der Waals surface area contributed by atoms with E-state index in [4.69, 9.17) is 16.9 Å². The third-order valence-corrected chi connectivity index (χ3v) is 3.08. The van der Waals surface area contributed by atoms with Crippen LogP contribution in [0.3, 0.4) is 0 Å². The van der Waals surface area contributed by atoms with Gasteiger partial charge in [0.25, 0.3) is 5.82 Å². The predicted octanol–water partition coefficient (Wildman–Crippen LogP) is 1.63. The van der Waals surface area contributed by atoms with Gasteiger partial charge in [-0.05, 0) is 13.3 Å². The normalized spacial score (nSPS) is 10.6. The molecule has 0 saturated heterocycles. The Morgan fingerprint density at radius 3 is 2.72 bits per heavy atom. The first-order valence-corrected chi connectivity index (χ1v) is 6.11. The van der Waals surface area contributed by atoms with Crippen LogP contribution in [-0.2, 0) is 19.5 Å². The van der Waals surface area contributed by atoms with Gasteiger partial charge in [0.15, 0.2) is 0 Å². The number of nitriles is 1. The van der Waals surface area contributed by atoms with Crippen molar-refractivity contribution < 1.29 is 0 Å². The van der Waals surface area contributed by atoms with E-state index in [1.54, 1.807) is 4.68 Å². The minimum absolute atomic E-state index is 0.157. The average Bonchev–Trinajstić information content (AvgIpc) is 2.96. The summed E-state index contributed by atoms with van der Waals surface area (Å²) in [5, 5.41) is 17.8. The van der Waals surface area contributed by atoms with Crippen LogP contribution in [0.15, 0.2) is 6.33 Å². The van der Waals surface area contributed by atoms with Crippen molar-refractivity contribution in [3.63, 3.8) is 0 Å². The molecule has 94 valence electrons. The quantitative estimate of drug-likeness (QED) is 0.841. The summed E-state index contributed by atoms with van der Waals surface area (Å²) in [6, 6.07) is 1.89. The number of nitrogens with zero attached hydrogens (tertiary/aromatic N) is 6. The lowest BCUT2D eigenvalue weighted by molar-refractivity contribution is 0.572. The van der Waals surface area contributed by atoms with Crippen molar-refractivity contribution in [1.29, 1.82) is 5.26 Å². The summed E-state index contributed by atoms with van der Waals surface area (Å²) in [5.41, 5.74) is 1.78. The second kappa shape index (κ2) is 5.19. The number of aryl methyl sites for hydroxylation is 2. The van der Waals surface area contributed by atoms with Crippen LogP contribution >= 0.6 is 11.6 Å². The standard InChI is InChI=1S/C11H13ClN6/c1-3-8-11(12)9(18(4-2)15-8)6-17-7-14-10(5-13)16-17/h7H,3-4,6H2,1-2H3. The highest BCUT2D eigenvalue weighted by molar-refractivity contribution is 6.31. The van der Waals surface area contributed by atoms with Gasteiger partial charge in [-0.15, -0.1) is 5.10 Å². The van der Waals surface area contributed by atoms with Crippen LogP contribution in [0.2, 0.25) is 5.02 Å². The fourth-order valence-corrected chi connectivity index (χ4v) is 2.07. The Bertz CT molecular complexity index is 591. The van der Waals surface area contributed by atoms with Crippen molar-refractivity contribution in [2.24, 2.45) is 0 Å². The van der Waals surface area contributed by atoms with Crippen LogP contribution in [-0.4, -0.2) is 24.5 Å². The fraction of sp³-hybridized carbons (Fsp3) is 0.455. The molecule has 0 aliphatic rings. The largest absolute Gasteiger partial charge is 0.266 e. The zero-order chi connectivity index (χ0) is 13.1. The van der Waals surface area contributed by atoms with Crippen molar-refractivity contribution in [3.05, 3.63) is 28.6 Å². The van der Waals surface area contributed by atoms with Gasteiger partial charge >= 0.3 is 0 Å². The van der Waals surface area contributed by atoms with E-state index >= 15 is 0 Å². The molecule has 0 fully saturated rings. The lowest BCUT2D eigenvalue weighted by atomic mass is 10.3. The Hall–Kier alpha value is -1.87. The average molecular weight is 265 g/mol. The number of aromatic nitrogens is 5. The van der Waals surface area contributed by atoms with Crippen molar-refractivity contribution in [2.45, 2.75) is 33.4 Å². The van der Waals surface area contributed by atoms with Gasteiger partial charge in [-0.3, -0.25) is 4.68 Å². The molecule has 0 aromatic carbocycles. The summed E-state index contributed by atoms with van der Waals surface area (Å²) in [4.78, 5) is 3.86. The molecule has 2 aromatic heterocycles. The van der Waals surface area contributed by atoms with E-state index in [0.717, 1.165) is 24.4 Å². The third-order valence-electron chi connectivity index (χ3n) is 2.64. The zero-order valence-corrected chi connectivity index (χ0v) is 11.0. The van der Waals surface area contributed by atoms with E-state index < -0.39 is 0 Å². The smallest absolute Gasteiger partial charge is 0.252 e. The summed E-state index contributed by atoms with van der Waals surface area (Å²) in [6.07, 6.45) is 2.31. The second-order valence-corrected chi connectivity index (χ2v) is 4.13. The first kappa shape index (κ1) is 12.6. The number of hydrogen-bond acceptors (Lipinski definition) is 4. The Kier molecular flexibility index (Phi) is 3.63. The maximum Gasteiger partial charge on any atom is 0.252 e. The minimum atomic E-state index is 0.157. The molecule has 0 spiro atoms. The Balaban J connectivity index is 2.33. The zero-order valence-electron chi connectivity index (χ0n) is 10.3. The second-order valence-electron chi connectivity index (χ2n) is 3.75. The molecule has 0 aliphatic carbocycles. The molecular formula is C11H13ClN6. The van der Waals surface area contributed by atoms with Crippen molar-refractivity contribution in [1.82, 2.24) is 24.5 Å². The molecule has 0 amide bonds. The van der Waals surface area contributed by atoms with Crippen molar-refractivity contribution in [3.8, 4) is 6.07 Å². The van der Waals surface area contributed by atoms with Gasteiger partial charge in [0, 0.05) is 6.54 Å². The lowest BCUT2D eigenvalue weighted by Crippen LogP contribution is -2.08. The van der Waals surface area contributed by atoms with E-state index in [-0.39, 0.29) is 5.82 Å². The molecular weight excluding hydrogens is 252 g/mol. The van der Waals surface area contributed by atoms with Gasteiger partial charge < -0.3 is 0 Å². The predicted molar refractivity (Wildman–Crippen MR) is 66.1 cm³/mol. The minimum Gasteiger partial charge on any atom is -0.266 e. The van der Waals surface area contributed by atoms with E-state index in [1.807, 2.05) is 24.6 Å². The molecule has 2 aromatic rings. The van der Waals surface area contributed by atoms with Crippen molar-refractivity contribution >= 4 is 11.6 Å². The summed E-state index contributed by atoms with van der Waals surface area (Å²) in [7, 11) is 0. The molecule has 2 heterocycles. The summed E-state index contributed by atoms with van der Waals surface area (Å²) in [5.74, 6) is 0.157. The van der Waals surface area contributed by atoms with Gasteiger partial charge in [-0.2, -0.15) is 10.4 Å². The van der Waals surface area contributed by atoms with E-state index in [9.17, 15) is 0 Å². The third kappa shape index (κ3) is 2.22. The van der Waals surface area contributed by atoms with E-state index in [1.165, 1.54) is 6.33 Å². The SMILES string of the molecule is CCc1nn(CC)c(Cn2cnc(C#N)n2)c1Cl. The highest BCUT2D eigenvalue weighted by Crippen LogP contribution is 2.22. The van der Waals surface area contributed by atoms with Gasteiger partial charge in [0.1, 0.15) is 12.4 Å². The number of rotatable bonds is 4. The Morgan fingerprint density at radius 2 is 2.17 bits per heavy atom. The molecule has 0 N–H and O–H groups in total. The maximum absolute atomic E-state index is 8.68. The fourth-order valence-electron chi connectivity index (χ4n) is 1.74. The van der Waals surface area contributed by atoms with Crippen LogP contribution in [0.1, 0.15) is 31.1 Å². The lowest BCUT2D eigenvalue weighted by Gasteiger charge is -2.04. The molecule has 0 atom stereocenters. The van der Waals surface area contributed by atoms with Crippen LogP contribution in [0, 0.1) is 11.3 Å². The molecule has 0 radical (unpaired) electrons. The maximum atomic E-state index is 8.68. The van der Waals surface area contributed by atoms with Gasteiger partial charge in [0.05, 0.1) is 23.0 Å². The molecule has 0 saturated carbocycles. The van der Waals surface area contributed by atoms with Crippen LogP contribution in [0.5, 0.6) is 0 Å². The summed E-state index contributed by atoms with van der Waals surface area (Å²) in [6.45, 7) is 5.23. The molecule has 6 nitrogen and oxygen atoms in total. The number of halogens is 1. The van der Waals surface area contributed by atoms with Crippen LogP contribution in [0.4, 0.5) is 0 Å². The summed E-state index contributed by atoms with van der Waals surface area (Å²) < 4.78 is 3.45.